The predicted molar refractivity (Wildman–Crippen MR) is 78.1 cm³/mol. The number of anilines is 1. The summed E-state index contributed by atoms with van der Waals surface area (Å²) in [6.07, 6.45) is 3.46. The molecule has 0 N–H and O–H groups in total. The summed E-state index contributed by atoms with van der Waals surface area (Å²) >= 11 is 3.37. The lowest BCUT2D eigenvalue weighted by Crippen LogP contribution is -2.40. The molecule has 19 heavy (non-hydrogen) atoms. The third kappa shape index (κ3) is 2.57. The van der Waals surface area contributed by atoms with E-state index in [4.69, 9.17) is 0 Å². The quantitative estimate of drug-likeness (QED) is 0.788. The van der Waals surface area contributed by atoms with E-state index in [0.717, 1.165) is 21.2 Å². The smallest absolute Gasteiger partial charge is 0.153 e. The minimum absolute atomic E-state index is 0.202. The first-order chi connectivity index (χ1) is 9.05. The SMILES string of the molecule is O=S1(=O)CCN(c2ccnc3cc(Br)cnc23)CC1. The molecule has 1 aliphatic heterocycles. The molecule has 0 atom stereocenters. The lowest BCUT2D eigenvalue weighted by Gasteiger charge is -2.29. The van der Waals surface area contributed by atoms with Crippen LogP contribution in [-0.4, -0.2) is 43.0 Å². The standard InChI is InChI=1S/C12H12BrN3O2S/c13-9-7-10-12(15-8-9)11(1-2-14-10)16-3-5-19(17,18)6-4-16/h1-2,7-8H,3-6H2. The van der Waals surface area contributed by atoms with Crippen LogP contribution in [0.15, 0.2) is 29.0 Å². The van der Waals surface area contributed by atoms with Crippen molar-refractivity contribution in [1.29, 1.82) is 0 Å². The van der Waals surface area contributed by atoms with Gasteiger partial charge in [-0.3, -0.25) is 9.97 Å². The van der Waals surface area contributed by atoms with Gasteiger partial charge in [-0.05, 0) is 28.1 Å². The third-order valence-electron chi connectivity index (χ3n) is 3.21. The Labute approximate surface area is 119 Å². The summed E-state index contributed by atoms with van der Waals surface area (Å²) in [7, 11) is -2.87. The zero-order valence-corrected chi connectivity index (χ0v) is 12.5. The summed E-state index contributed by atoms with van der Waals surface area (Å²) in [4.78, 5) is 10.7. The van der Waals surface area contributed by atoms with Crippen molar-refractivity contribution in [3.05, 3.63) is 29.0 Å². The van der Waals surface area contributed by atoms with E-state index in [1.165, 1.54) is 0 Å². The first-order valence-electron chi connectivity index (χ1n) is 5.91. The van der Waals surface area contributed by atoms with E-state index < -0.39 is 9.84 Å². The Morgan fingerprint density at radius 2 is 1.95 bits per heavy atom. The highest BCUT2D eigenvalue weighted by Crippen LogP contribution is 2.26. The van der Waals surface area contributed by atoms with Crippen LogP contribution in [0.2, 0.25) is 0 Å². The van der Waals surface area contributed by atoms with Gasteiger partial charge in [0.2, 0.25) is 0 Å². The fourth-order valence-electron chi connectivity index (χ4n) is 2.20. The van der Waals surface area contributed by atoms with Gasteiger partial charge in [-0.2, -0.15) is 0 Å². The monoisotopic (exact) mass is 341 g/mol. The van der Waals surface area contributed by atoms with Crippen molar-refractivity contribution < 1.29 is 8.42 Å². The molecule has 0 aliphatic carbocycles. The lowest BCUT2D eigenvalue weighted by molar-refractivity contribution is 0.587. The van der Waals surface area contributed by atoms with Gasteiger partial charge in [0.15, 0.2) is 9.84 Å². The average molecular weight is 342 g/mol. The molecule has 1 fully saturated rings. The van der Waals surface area contributed by atoms with Crippen molar-refractivity contribution in [3.8, 4) is 0 Å². The number of aromatic nitrogens is 2. The average Bonchev–Trinajstić information content (AvgIpc) is 2.38. The Kier molecular flexibility index (Phi) is 3.18. The largest absolute Gasteiger partial charge is 0.368 e. The molecule has 0 amide bonds. The van der Waals surface area contributed by atoms with Crippen molar-refractivity contribution in [2.75, 3.05) is 29.5 Å². The molecule has 0 bridgehead atoms. The number of pyridine rings is 2. The Bertz CT molecular complexity index is 719. The molecule has 0 aromatic carbocycles. The van der Waals surface area contributed by atoms with E-state index in [9.17, 15) is 8.42 Å². The van der Waals surface area contributed by atoms with Crippen LogP contribution in [0.4, 0.5) is 5.69 Å². The summed E-state index contributed by atoms with van der Waals surface area (Å²) in [5.74, 6) is 0.403. The molecule has 7 heteroatoms. The zero-order chi connectivity index (χ0) is 13.5. The van der Waals surface area contributed by atoms with Crippen LogP contribution in [0.3, 0.4) is 0 Å². The molecule has 0 spiro atoms. The maximum absolute atomic E-state index is 11.5. The number of fused-ring (bicyclic) bond motifs is 1. The maximum atomic E-state index is 11.5. The molecular formula is C12H12BrN3O2S. The molecule has 2 aromatic heterocycles. The number of sulfone groups is 1. The fraction of sp³-hybridized carbons (Fsp3) is 0.333. The normalized spacial score (nSPS) is 18.7. The number of rotatable bonds is 1. The van der Waals surface area contributed by atoms with Crippen molar-refractivity contribution >= 4 is 42.5 Å². The van der Waals surface area contributed by atoms with E-state index in [-0.39, 0.29) is 11.5 Å². The second kappa shape index (κ2) is 4.72. The number of nitrogens with zero attached hydrogens (tertiary/aromatic N) is 3. The molecule has 3 heterocycles. The molecule has 0 saturated carbocycles. The predicted octanol–water partition coefficient (Wildman–Crippen LogP) is 1.63. The van der Waals surface area contributed by atoms with Crippen molar-refractivity contribution in [1.82, 2.24) is 9.97 Å². The van der Waals surface area contributed by atoms with Crippen LogP contribution in [0, 0.1) is 0 Å². The number of hydrogen-bond acceptors (Lipinski definition) is 5. The van der Waals surface area contributed by atoms with Gasteiger partial charge < -0.3 is 4.90 Å². The first kappa shape index (κ1) is 12.8. The van der Waals surface area contributed by atoms with Crippen molar-refractivity contribution in [3.63, 3.8) is 0 Å². The molecule has 5 nitrogen and oxygen atoms in total. The topological polar surface area (TPSA) is 63.2 Å². The molecule has 0 unspecified atom stereocenters. The third-order valence-corrected chi connectivity index (χ3v) is 5.25. The Morgan fingerprint density at radius 3 is 2.68 bits per heavy atom. The number of halogens is 1. The zero-order valence-electron chi connectivity index (χ0n) is 10.1. The molecule has 0 radical (unpaired) electrons. The summed E-state index contributed by atoms with van der Waals surface area (Å²) in [6.45, 7) is 1.03. The van der Waals surface area contributed by atoms with E-state index >= 15 is 0 Å². The van der Waals surface area contributed by atoms with Gasteiger partial charge in [0.1, 0.15) is 5.52 Å². The van der Waals surface area contributed by atoms with Crippen LogP contribution in [0.25, 0.3) is 11.0 Å². The summed E-state index contributed by atoms with van der Waals surface area (Å²) in [6, 6.07) is 3.80. The van der Waals surface area contributed by atoms with Crippen molar-refractivity contribution in [2.24, 2.45) is 0 Å². The Morgan fingerprint density at radius 1 is 1.21 bits per heavy atom. The van der Waals surface area contributed by atoms with Crippen LogP contribution in [0.5, 0.6) is 0 Å². The Balaban J connectivity index is 2.02. The summed E-state index contributed by atoms with van der Waals surface area (Å²) in [5, 5.41) is 0. The molecule has 100 valence electrons. The van der Waals surface area contributed by atoms with E-state index in [1.807, 2.05) is 12.1 Å². The van der Waals surface area contributed by atoms with E-state index in [1.54, 1.807) is 12.4 Å². The minimum Gasteiger partial charge on any atom is -0.368 e. The van der Waals surface area contributed by atoms with Crippen LogP contribution >= 0.6 is 15.9 Å². The molecule has 1 saturated heterocycles. The van der Waals surface area contributed by atoms with Gasteiger partial charge in [-0.15, -0.1) is 0 Å². The van der Waals surface area contributed by atoms with Crippen LogP contribution < -0.4 is 4.90 Å². The highest BCUT2D eigenvalue weighted by molar-refractivity contribution is 9.10. The van der Waals surface area contributed by atoms with Gasteiger partial charge in [0.25, 0.3) is 0 Å². The van der Waals surface area contributed by atoms with Gasteiger partial charge in [-0.1, -0.05) is 0 Å². The molecule has 1 aliphatic rings. The van der Waals surface area contributed by atoms with Gasteiger partial charge in [-0.25, -0.2) is 8.42 Å². The highest BCUT2D eigenvalue weighted by atomic mass is 79.9. The van der Waals surface area contributed by atoms with Gasteiger partial charge in [0, 0.05) is 30.0 Å². The van der Waals surface area contributed by atoms with Crippen LogP contribution in [-0.2, 0) is 9.84 Å². The van der Waals surface area contributed by atoms with E-state index in [2.05, 4.69) is 30.8 Å². The molecule has 3 rings (SSSR count). The highest BCUT2D eigenvalue weighted by Gasteiger charge is 2.23. The summed E-state index contributed by atoms with van der Waals surface area (Å²) < 4.78 is 23.8. The second-order valence-corrected chi connectivity index (χ2v) is 7.71. The first-order valence-corrected chi connectivity index (χ1v) is 8.52. The van der Waals surface area contributed by atoms with Gasteiger partial charge >= 0.3 is 0 Å². The van der Waals surface area contributed by atoms with Gasteiger partial charge in [0.05, 0.1) is 22.7 Å². The second-order valence-electron chi connectivity index (χ2n) is 4.49. The Hall–Kier alpha value is -1.21. The number of hydrogen-bond donors (Lipinski definition) is 0. The molecular weight excluding hydrogens is 330 g/mol. The lowest BCUT2D eigenvalue weighted by atomic mass is 10.2. The summed E-state index contributed by atoms with van der Waals surface area (Å²) in [5.41, 5.74) is 2.57. The van der Waals surface area contributed by atoms with Crippen molar-refractivity contribution in [2.45, 2.75) is 0 Å². The maximum Gasteiger partial charge on any atom is 0.153 e. The van der Waals surface area contributed by atoms with E-state index in [0.29, 0.717) is 13.1 Å². The van der Waals surface area contributed by atoms with Crippen LogP contribution in [0.1, 0.15) is 0 Å². The minimum atomic E-state index is -2.87. The molecule has 2 aromatic rings. The fourth-order valence-corrected chi connectivity index (χ4v) is 3.72.